The van der Waals surface area contributed by atoms with E-state index in [0.29, 0.717) is 6.04 Å². The standard InChI is InChI=1S/C14H19N5O/c20-11-7-19(8-11)10-2-5-18(6-3-10)14-12-1-4-15-13(12)16-9-17-14/h1,4,9-11,20H,2-3,5-8H2,(H,15,16,17). The van der Waals surface area contributed by atoms with Crippen LogP contribution >= 0.6 is 0 Å². The number of piperidine rings is 1. The van der Waals surface area contributed by atoms with Gasteiger partial charge < -0.3 is 15.0 Å². The van der Waals surface area contributed by atoms with Gasteiger partial charge in [0.2, 0.25) is 0 Å². The van der Waals surface area contributed by atoms with Gasteiger partial charge in [-0.15, -0.1) is 0 Å². The molecule has 2 aliphatic rings. The second-order valence-electron chi connectivity index (χ2n) is 5.76. The van der Waals surface area contributed by atoms with Crippen LogP contribution in [0.25, 0.3) is 11.0 Å². The lowest BCUT2D eigenvalue weighted by molar-refractivity contribution is -0.0301. The summed E-state index contributed by atoms with van der Waals surface area (Å²) in [6, 6.07) is 2.67. The maximum atomic E-state index is 9.40. The number of anilines is 1. The number of H-pyrrole nitrogens is 1. The molecule has 0 bridgehead atoms. The Kier molecular flexibility index (Phi) is 2.85. The molecule has 2 aromatic rings. The van der Waals surface area contributed by atoms with Crippen LogP contribution in [0.2, 0.25) is 0 Å². The van der Waals surface area contributed by atoms with Crippen LogP contribution in [-0.4, -0.2) is 63.3 Å². The number of aliphatic hydroxyl groups is 1. The minimum absolute atomic E-state index is 0.102. The van der Waals surface area contributed by atoms with E-state index in [1.165, 1.54) is 0 Å². The summed E-state index contributed by atoms with van der Waals surface area (Å²) in [5.74, 6) is 1.04. The summed E-state index contributed by atoms with van der Waals surface area (Å²) >= 11 is 0. The van der Waals surface area contributed by atoms with E-state index in [-0.39, 0.29) is 6.10 Å². The molecule has 2 aliphatic heterocycles. The fourth-order valence-corrected chi connectivity index (χ4v) is 3.34. The minimum Gasteiger partial charge on any atom is -0.390 e. The van der Waals surface area contributed by atoms with Gasteiger partial charge in [0.25, 0.3) is 0 Å². The van der Waals surface area contributed by atoms with Crippen molar-refractivity contribution in [1.82, 2.24) is 19.9 Å². The summed E-state index contributed by atoms with van der Waals surface area (Å²) in [5.41, 5.74) is 0.906. The van der Waals surface area contributed by atoms with E-state index >= 15 is 0 Å². The number of aliphatic hydroxyl groups excluding tert-OH is 1. The van der Waals surface area contributed by atoms with Gasteiger partial charge in [0.15, 0.2) is 0 Å². The zero-order valence-electron chi connectivity index (χ0n) is 11.4. The fourth-order valence-electron chi connectivity index (χ4n) is 3.34. The summed E-state index contributed by atoms with van der Waals surface area (Å²) in [6.45, 7) is 3.74. The minimum atomic E-state index is -0.102. The number of nitrogens with one attached hydrogen (secondary N) is 1. The Hall–Kier alpha value is -1.66. The monoisotopic (exact) mass is 273 g/mol. The van der Waals surface area contributed by atoms with Crippen molar-refractivity contribution in [2.24, 2.45) is 0 Å². The van der Waals surface area contributed by atoms with Gasteiger partial charge >= 0.3 is 0 Å². The van der Waals surface area contributed by atoms with Crippen LogP contribution in [0.15, 0.2) is 18.6 Å². The van der Waals surface area contributed by atoms with E-state index in [9.17, 15) is 5.11 Å². The van der Waals surface area contributed by atoms with Crippen LogP contribution in [-0.2, 0) is 0 Å². The van der Waals surface area contributed by atoms with E-state index in [2.05, 4.69) is 24.8 Å². The third-order valence-electron chi connectivity index (χ3n) is 4.50. The summed E-state index contributed by atoms with van der Waals surface area (Å²) in [5, 5.41) is 10.5. The van der Waals surface area contributed by atoms with Crippen molar-refractivity contribution in [2.75, 3.05) is 31.1 Å². The lowest BCUT2D eigenvalue weighted by Crippen LogP contribution is -2.57. The molecule has 0 saturated carbocycles. The number of nitrogens with zero attached hydrogens (tertiary/aromatic N) is 4. The number of rotatable bonds is 2. The first kappa shape index (κ1) is 12.1. The van der Waals surface area contributed by atoms with Crippen molar-refractivity contribution in [1.29, 1.82) is 0 Å². The molecule has 106 valence electrons. The van der Waals surface area contributed by atoms with E-state index in [1.807, 2.05) is 12.3 Å². The number of likely N-dealkylation sites (tertiary alicyclic amines) is 1. The summed E-state index contributed by atoms with van der Waals surface area (Å²) < 4.78 is 0. The molecule has 6 nitrogen and oxygen atoms in total. The van der Waals surface area contributed by atoms with E-state index in [4.69, 9.17) is 0 Å². The maximum absolute atomic E-state index is 9.40. The van der Waals surface area contributed by atoms with E-state index in [1.54, 1.807) is 6.33 Å². The van der Waals surface area contributed by atoms with Crippen molar-refractivity contribution >= 4 is 16.9 Å². The Morgan fingerprint density at radius 3 is 2.75 bits per heavy atom. The highest BCUT2D eigenvalue weighted by Crippen LogP contribution is 2.27. The van der Waals surface area contributed by atoms with Crippen molar-refractivity contribution in [2.45, 2.75) is 25.0 Å². The Balaban J connectivity index is 1.47. The number of aromatic amines is 1. The molecule has 0 spiro atoms. The number of hydrogen-bond acceptors (Lipinski definition) is 5. The fraction of sp³-hybridized carbons (Fsp3) is 0.571. The Morgan fingerprint density at radius 2 is 2.00 bits per heavy atom. The lowest BCUT2D eigenvalue weighted by Gasteiger charge is -2.45. The van der Waals surface area contributed by atoms with Gasteiger partial charge in [-0.2, -0.15) is 0 Å². The van der Waals surface area contributed by atoms with Crippen LogP contribution < -0.4 is 4.90 Å². The average Bonchev–Trinajstić information content (AvgIpc) is 2.92. The number of β-amino-alcohol motifs (C(OH)–C–C–N with tert-alkyl or cyclic N) is 1. The highest BCUT2D eigenvalue weighted by Gasteiger charge is 2.33. The van der Waals surface area contributed by atoms with Gasteiger partial charge in [-0.25, -0.2) is 9.97 Å². The first-order chi connectivity index (χ1) is 9.81. The van der Waals surface area contributed by atoms with Crippen LogP contribution in [0.5, 0.6) is 0 Å². The maximum Gasteiger partial charge on any atom is 0.142 e. The molecule has 2 fully saturated rings. The van der Waals surface area contributed by atoms with Crippen molar-refractivity contribution in [3.63, 3.8) is 0 Å². The number of fused-ring (bicyclic) bond motifs is 1. The summed E-state index contributed by atoms with van der Waals surface area (Å²) in [6.07, 6.45) is 5.73. The summed E-state index contributed by atoms with van der Waals surface area (Å²) in [4.78, 5) is 16.6. The highest BCUT2D eigenvalue weighted by molar-refractivity contribution is 5.87. The first-order valence-corrected chi connectivity index (χ1v) is 7.26. The van der Waals surface area contributed by atoms with Crippen LogP contribution in [0.3, 0.4) is 0 Å². The topological polar surface area (TPSA) is 68.3 Å². The second kappa shape index (κ2) is 4.71. The van der Waals surface area contributed by atoms with Crippen molar-refractivity contribution in [3.8, 4) is 0 Å². The molecule has 0 unspecified atom stereocenters. The van der Waals surface area contributed by atoms with Crippen LogP contribution in [0, 0.1) is 0 Å². The molecule has 4 heterocycles. The first-order valence-electron chi connectivity index (χ1n) is 7.26. The third-order valence-corrected chi connectivity index (χ3v) is 4.50. The van der Waals surface area contributed by atoms with Gasteiger partial charge in [-0.1, -0.05) is 0 Å². The molecule has 2 aromatic heterocycles. The zero-order valence-corrected chi connectivity index (χ0v) is 11.4. The molecule has 2 N–H and O–H groups in total. The van der Waals surface area contributed by atoms with Gasteiger partial charge in [0, 0.05) is 38.4 Å². The second-order valence-corrected chi connectivity index (χ2v) is 5.76. The predicted molar refractivity (Wildman–Crippen MR) is 76.7 cm³/mol. The van der Waals surface area contributed by atoms with Gasteiger partial charge in [-0.05, 0) is 18.9 Å². The van der Waals surface area contributed by atoms with E-state index in [0.717, 1.165) is 55.9 Å². The Labute approximate surface area is 117 Å². The van der Waals surface area contributed by atoms with Crippen molar-refractivity contribution < 1.29 is 5.11 Å². The normalized spacial score (nSPS) is 22.4. The van der Waals surface area contributed by atoms with Crippen molar-refractivity contribution in [3.05, 3.63) is 18.6 Å². The lowest BCUT2D eigenvalue weighted by atomic mass is 9.98. The molecule has 2 saturated heterocycles. The SMILES string of the molecule is OC1CN(C2CCN(c3ncnc4[nH]ccc34)CC2)C1. The molecule has 0 aliphatic carbocycles. The molecule has 0 aromatic carbocycles. The highest BCUT2D eigenvalue weighted by atomic mass is 16.3. The molecule has 0 amide bonds. The van der Waals surface area contributed by atoms with Crippen LogP contribution in [0.1, 0.15) is 12.8 Å². The molecule has 20 heavy (non-hydrogen) atoms. The Morgan fingerprint density at radius 1 is 1.20 bits per heavy atom. The zero-order chi connectivity index (χ0) is 13.5. The average molecular weight is 273 g/mol. The Bertz CT molecular complexity index is 598. The van der Waals surface area contributed by atoms with E-state index < -0.39 is 0 Å². The summed E-state index contributed by atoms with van der Waals surface area (Å²) in [7, 11) is 0. The molecule has 6 heteroatoms. The third kappa shape index (κ3) is 1.96. The molecular formula is C14H19N5O. The van der Waals surface area contributed by atoms with Gasteiger partial charge in [0.05, 0.1) is 11.5 Å². The smallest absolute Gasteiger partial charge is 0.142 e. The molecule has 4 rings (SSSR count). The molecular weight excluding hydrogens is 254 g/mol. The molecule has 0 atom stereocenters. The van der Waals surface area contributed by atoms with Gasteiger partial charge in [-0.3, -0.25) is 4.90 Å². The largest absolute Gasteiger partial charge is 0.390 e. The van der Waals surface area contributed by atoms with Crippen LogP contribution in [0.4, 0.5) is 5.82 Å². The predicted octanol–water partition coefficient (Wildman–Crippen LogP) is 0.603. The quantitative estimate of drug-likeness (QED) is 0.839. The number of hydrogen-bond donors (Lipinski definition) is 2. The van der Waals surface area contributed by atoms with Gasteiger partial charge in [0.1, 0.15) is 17.8 Å². The molecule has 0 radical (unpaired) electrons. The number of aromatic nitrogens is 3.